The van der Waals surface area contributed by atoms with Crippen LogP contribution < -0.4 is 5.73 Å². The van der Waals surface area contributed by atoms with Gasteiger partial charge in [0.05, 0.1) is 13.0 Å². The highest BCUT2D eigenvalue weighted by Gasteiger charge is 2.27. The molecule has 4 nitrogen and oxygen atoms in total. The summed E-state index contributed by atoms with van der Waals surface area (Å²) in [6.45, 7) is 2.95. The van der Waals surface area contributed by atoms with E-state index in [1.807, 2.05) is 13.8 Å². The maximum Gasteiger partial charge on any atom is 0.411 e. The molecule has 0 heterocycles. The van der Waals surface area contributed by atoms with Gasteiger partial charge in [-0.05, 0) is 12.3 Å². The molecule has 1 unspecified atom stereocenters. The Labute approximate surface area is 112 Å². The standard InChI is InChI=1S/C12H23F3N2O2/c1-9(2)10(16)4-6-17(3)11(18)5-7-19-8-12(13,14)15/h9-10H,4-8,16H2,1-3H3. The minimum atomic E-state index is -4.35. The fraction of sp³-hybridized carbons (Fsp3) is 0.917. The smallest absolute Gasteiger partial charge is 0.372 e. The number of carbonyl (C=O) groups excluding carboxylic acids is 1. The summed E-state index contributed by atoms with van der Waals surface area (Å²) in [7, 11) is 1.61. The first-order valence-electron chi connectivity index (χ1n) is 6.27. The molecule has 2 N–H and O–H groups in total. The van der Waals surface area contributed by atoms with Crippen LogP contribution in [0.4, 0.5) is 13.2 Å². The number of amides is 1. The zero-order valence-corrected chi connectivity index (χ0v) is 11.7. The molecule has 1 amide bonds. The van der Waals surface area contributed by atoms with Crippen molar-refractivity contribution in [2.45, 2.75) is 38.9 Å². The van der Waals surface area contributed by atoms with E-state index in [0.29, 0.717) is 18.9 Å². The summed E-state index contributed by atoms with van der Waals surface area (Å²) in [6.07, 6.45) is -3.73. The molecule has 7 heteroatoms. The molecule has 0 rings (SSSR count). The second-order valence-electron chi connectivity index (χ2n) is 4.93. The van der Waals surface area contributed by atoms with E-state index >= 15 is 0 Å². The first kappa shape index (κ1) is 18.2. The van der Waals surface area contributed by atoms with Crippen molar-refractivity contribution >= 4 is 5.91 Å². The SMILES string of the molecule is CC(C)C(N)CCN(C)C(=O)CCOCC(F)(F)F. The highest BCUT2D eigenvalue weighted by Crippen LogP contribution is 2.14. The number of ether oxygens (including phenoxy) is 1. The third-order valence-corrected chi connectivity index (χ3v) is 2.81. The molecule has 0 aliphatic carbocycles. The molecule has 0 saturated carbocycles. The fourth-order valence-electron chi connectivity index (χ4n) is 1.34. The van der Waals surface area contributed by atoms with E-state index in [9.17, 15) is 18.0 Å². The number of hydrogen-bond donors (Lipinski definition) is 1. The number of alkyl halides is 3. The first-order valence-corrected chi connectivity index (χ1v) is 6.27. The molecule has 0 bridgehead atoms. The summed E-state index contributed by atoms with van der Waals surface area (Å²) in [5.41, 5.74) is 5.85. The highest BCUT2D eigenvalue weighted by atomic mass is 19.4. The number of nitrogens with zero attached hydrogens (tertiary/aromatic N) is 1. The maximum atomic E-state index is 11.8. The second kappa shape index (κ2) is 8.37. The minimum Gasteiger partial charge on any atom is -0.372 e. The summed E-state index contributed by atoms with van der Waals surface area (Å²) in [4.78, 5) is 13.0. The molecule has 0 radical (unpaired) electrons. The number of nitrogens with two attached hydrogens (primary N) is 1. The van der Waals surface area contributed by atoms with Crippen molar-refractivity contribution in [1.82, 2.24) is 4.90 Å². The highest BCUT2D eigenvalue weighted by molar-refractivity contribution is 5.75. The normalized spacial score (nSPS) is 13.7. The molecule has 19 heavy (non-hydrogen) atoms. The fourth-order valence-corrected chi connectivity index (χ4v) is 1.34. The lowest BCUT2D eigenvalue weighted by Gasteiger charge is -2.21. The quantitative estimate of drug-likeness (QED) is 0.691. The van der Waals surface area contributed by atoms with Gasteiger partial charge in [-0.1, -0.05) is 13.8 Å². The average Bonchev–Trinajstić information content (AvgIpc) is 2.29. The molecule has 114 valence electrons. The predicted octanol–water partition coefficient (Wildman–Crippen LogP) is 1.79. The predicted molar refractivity (Wildman–Crippen MR) is 66.6 cm³/mol. The van der Waals surface area contributed by atoms with Gasteiger partial charge in [-0.15, -0.1) is 0 Å². The Hall–Kier alpha value is -0.820. The van der Waals surface area contributed by atoms with Crippen LogP contribution >= 0.6 is 0 Å². The van der Waals surface area contributed by atoms with Crippen molar-refractivity contribution in [3.05, 3.63) is 0 Å². The van der Waals surface area contributed by atoms with Crippen LogP contribution in [0.3, 0.4) is 0 Å². The average molecular weight is 284 g/mol. The molecule has 0 spiro atoms. The van der Waals surface area contributed by atoms with Gasteiger partial charge in [0, 0.05) is 19.6 Å². The van der Waals surface area contributed by atoms with Crippen LogP contribution in [0.25, 0.3) is 0 Å². The zero-order valence-electron chi connectivity index (χ0n) is 11.7. The van der Waals surface area contributed by atoms with Crippen molar-refractivity contribution in [2.75, 3.05) is 26.8 Å². The molecule has 0 aliphatic heterocycles. The summed E-state index contributed by atoms with van der Waals surface area (Å²) in [6, 6.07) is 0.0109. The number of rotatable bonds is 8. The summed E-state index contributed by atoms with van der Waals surface area (Å²) in [5, 5.41) is 0. The molecule has 0 fully saturated rings. The number of halogens is 3. The van der Waals surface area contributed by atoms with E-state index in [1.54, 1.807) is 7.05 Å². The topological polar surface area (TPSA) is 55.6 Å². The van der Waals surface area contributed by atoms with E-state index in [2.05, 4.69) is 4.74 Å². The van der Waals surface area contributed by atoms with Gasteiger partial charge in [0.2, 0.25) is 5.91 Å². The van der Waals surface area contributed by atoms with E-state index in [1.165, 1.54) is 4.90 Å². The molecule has 0 aliphatic rings. The largest absolute Gasteiger partial charge is 0.411 e. The van der Waals surface area contributed by atoms with Gasteiger partial charge in [-0.2, -0.15) is 13.2 Å². The molecule has 0 aromatic carbocycles. The Balaban J connectivity index is 3.77. The van der Waals surface area contributed by atoms with Gasteiger partial charge < -0.3 is 15.4 Å². The van der Waals surface area contributed by atoms with Crippen molar-refractivity contribution in [3.63, 3.8) is 0 Å². The minimum absolute atomic E-state index is 0.0109. The van der Waals surface area contributed by atoms with Crippen LogP contribution in [0.1, 0.15) is 26.7 Å². The molecular formula is C12H23F3N2O2. The van der Waals surface area contributed by atoms with Gasteiger partial charge in [0.1, 0.15) is 6.61 Å². The van der Waals surface area contributed by atoms with Crippen LogP contribution in [0.2, 0.25) is 0 Å². The summed E-state index contributed by atoms with van der Waals surface area (Å²) < 4.78 is 39.8. The molecule has 0 aromatic heterocycles. The maximum absolute atomic E-state index is 11.8. The molecule has 0 saturated heterocycles. The Bertz CT molecular complexity index is 270. The van der Waals surface area contributed by atoms with Crippen LogP contribution in [-0.4, -0.2) is 49.8 Å². The van der Waals surface area contributed by atoms with Crippen LogP contribution in [0.15, 0.2) is 0 Å². The van der Waals surface area contributed by atoms with Crippen LogP contribution in [-0.2, 0) is 9.53 Å². The van der Waals surface area contributed by atoms with Crippen LogP contribution in [0, 0.1) is 5.92 Å². The number of hydrogen-bond acceptors (Lipinski definition) is 3. The monoisotopic (exact) mass is 284 g/mol. The third-order valence-electron chi connectivity index (χ3n) is 2.81. The van der Waals surface area contributed by atoms with Crippen molar-refractivity contribution in [3.8, 4) is 0 Å². The van der Waals surface area contributed by atoms with Gasteiger partial charge in [0.25, 0.3) is 0 Å². The number of carbonyl (C=O) groups is 1. The van der Waals surface area contributed by atoms with Crippen molar-refractivity contribution in [1.29, 1.82) is 0 Å². The third kappa shape index (κ3) is 9.72. The molecule has 0 aromatic rings. The Morgan fingerprint density at radius 3 is 2.42 bits per heavy atom. The second-order valence-corrected chi connectivity index (χ2v) is 4.93. The van der Waals surface area contributed by atoms with Gasteiger partial charge in [-0.3, -0.25) is 4.79 Å². The van der Waals surface area contributed by atoms with Crippen molar-refractivity contribution < 1.29 is 22.7 Å². The lowest BCUT2D eigenvalue weighted by atomic mass is 10.0. The first-order chi connectivity index (χ1) is 8.63. The van der Waals surface area contributed by atoms with Gasteiger partial charge in [-0.25, -0.2) is 0 Å². The Morgan fingerprint density at radius 1 is 1.37 bits per heavy atom. The Kier molecular flexibility index (Phi) is 8.01. The van der Waals surface area contributed by atoms with E-state index < -0.39 is 12.8 Å². The molecule has 1 atom stereocenters. The van der Waals surface area contributed by atoms with Gasteiger partial charge in [0.15, 0.2) is 0 Å². The lowest BCUT2D eigenvalue weighted by molar-refractivity contribution is -0.175. The summed E-state index contributed by atoms with van der Waals surface area (Å²) in [5.74, 6) is 0.0942. The zero-order chi connectivity index (χ0) is 15.1. The Morgan fingerprint density at radius 2 is 1.95 bits per heavy atom. The lowest BCUT2D eigenvalue weighted by Crippen LogP contribution is -2.35. The van der Waals surface area contributed by atoms with Gasteiger partial charge >= 0.3 is 6.18 Å². The van der Waals surface area contributed by atoms with E-state index in [-0.39, 0.29) is 25.0 Å². The molecular weight excluding hydrogens is 261 g/mol. The van der Waals surface area contributed by atoms with Crippen molar-refractivity contribution in [2.24, 2.45) is 11.7 Å². The van der Waals surface area contributed by atoms with E-state index in [4.69, 9.17) is 5.73 Å². The summed E-state index contributed by atoms with van der Waals surface area (Å²) >= 11 is 0. The van der Waals surface area contributed by atoms with Crippen LogP contribution in [0.5, 0.6) is 0 Å². The van der Waals surface area contributed by atoms with E-state index in [0.717, 1.165) is 0 Å².